The summed E-state index contributed by atoms with van der Waals surface area (Å²) < 4.78 is 27.1. The summed E-state index contributed by atoms with van der Waals surface area (Å²) in [5.41, 5.74) is 0.729. The molecular formula is C12H10N2O2S. The maximum Gasteiger partial charge on any atom is 0.299 e. The molecule has 2 aromatic rings. The molecule has 1 aromatic heterocycles. The first-order valence-corrected chi connectivity index (χ1v) is 6.39. The molecule has 0 atom stereocenters. The lowest BCUT2D eigenvalue weighted by Crippen LogP contribution is -1.99. The monoisotopic (exact) mass is 246 g/mol. The Balaban J connectivity index is 2.28. The number of hydrogen-bond acceptors (Lipinski definition) is 3. The fraction of sp³-hybridized carbons (Fsp3) is 0. The molecular weight excluding hydrogens is 236 g/mol. The van der Waals surface area contributed by atoms with Crippen molar-refractivity contribution in [1.29, 1.82) is 0 Å². The Morgan fingerprint density at radius 3 is 2.35 bits per heavy atom. The summed E-state index contributed by atoms with van der Waals surface area (Å²) in [5, 5.41) is -0.0489. The van der Waals surface area contributed by atoms with E-state index in [-0.39, 0.29) is 5.03 Å². The second kappa shape index (κ2) is 4.88. The van der Waals surface area contributed by atoms with E-state index < -0.39 is 10.0 Å². The maximum absolute atomic E-state index is 11.7. The fourth-order valence-corrected chi connectivity index (χ4v) is 2.04. The molecule has 4 nitrogen and oxygen atoms in total. The molecule has 0 bridgehead atoms. The summed E-state index contributed by atoms with van der Waals surface area (Å²) in [7, 11) is -3.70. The van der Waals surface area contributed by atoms with Gasteiger partial charge in [0.1, 0.15) is 0 Å². The first-order chi connectivity index (χ1) is 8.18. The normalized spacial score (nSPS) is 11.8. The average molecular weight is 246 g/mol. The third kappa shape index (κ3) is 2.98. The van der Waals surface area contributed by atoms with Crippen molar-refractivity contribution in [2.75, 3.05) is 0 Å². The molecule has 0 radical (unpaired) electrons. The number of sulfonamides is 1. The van der Waals surface area contributed by atoms with Gasteiger partial charge in [-0.1, -0.05) is 36.4 Å². The number of pyridine rings is 1. The second-order valence-corrected chi connectivity index (χ2v) is 4.87. The van der Waals surface area contributed by atoms with Crippen LogP contribution >= 0.6 is 0 Å². The first-order valence-electron chi connectivity index (χ1n) is 4.95. The summed E-state index contributed by atoms with van der Waals surface area (Å²) in [4.78, 5) is 3.76. The SMILES string of the molecule is O=S(=O)(/N=C/c1ccccc1)c1ccccn1. The zero-order valence-corrected chi connectivity index (χ0v) is 9.71. The minimum Gasteiger partial charge on any atom is -0.243 e. The van der Waals surface area contributed by atoms with Gasteiger partial charge in [-0.2, -0.15) is 12.8 Å². The van der Waals surface area contributed by atoms with Crippen LogP contribution in [-0.2, 0) is 10.0 Å². The van der Waals surface area contributed by atoms with Crippen molar-refractivity contribution >= 4 is 16.2 Å². The Morgan fingerprint density at radius 1 is 1.00 bits per heavy atom. The Labute approximate surface area is 99.7 Å². The van der Waals surface area contributed by atoms with E-state index in [2.05, 4.69) is 9.38 Å². The molecule has 0 aliphatic carbocycles. The van der Waals surface area contributed by atoms with Crippen LogP contribution in [0.15, 0.2) is 64.2 Å². The van der Waals surface area contributed by atoms with E-state index in [0.29, 0.717) is 0 Å². The van der Waals surface area contributed by atoms with Crippen molar-refractivity contribution in [2.45, 2.75) is 5.03 Å². The van der Waals surface area contributed by atoms with Gasteiger partial charge in [-0.05, 0) is 17.7 Å². The quantitative estimate of drug-likeness (QED) is 0.777. The average Bonchev–Trinajstić information content (AvgIpc) is 2.39. The van der Waals surface area contributed by atoms with Crippen molar-refractivity contribution in [2.24, 2.45) is 4.40 Å². The summed E-state index contributed by atoms with van der Waals surface area (Å²) in [6, 6.07) is 13.7. The van der Waals surface area contributed by atoms with Crippen LogP contribution in [0.5, 0.6) is 0 Å². The summed E-state index contributed by atoms with van der Waals surface area (Å²) in [6.45, 7) is 0. The molecule has 1 aromatic carbocycles. The van der Waals surface area contributed by atoms with Crippen LogP contribution in [0, 0.1) is 0 Å². The van der Waals surface area contributed by atoms with Crippen molar-refractivity contribution in [3.8, 4) is 0 Å². The molecule has 17 heavy (non-hydrogen) atoms. The van der Waals surface area contributed by atoms with E-state index in [4.69, 9.17) is 0 Å². The molecule has 86 valence electrons. The van der Waals surface area contributed by atoms with Crippen LogP contribution in [0.4, 0.5) is 0 Å². The zero-order chi connectivity index (χ0) is 12.1. The largest absolute Gasteiger partial charge is 0.299 e. The van der Waals surface area contributed by atoms with E-state index >= 15 is 0 Å². The summed E-state index contributed by atoms with van der Waals surface area (Å²) >= 11 is 0. The molecule has 0 unspecified atom stereocenters. The predicted octanol–water partition coefficient (Wildman–Crippen LogP) is 1.89. The van der Waals surface area contributed by atoms with Gasteiger partial charge < -0.3 is 0 Å². The molecule has 5 heteroatoms. The topological polar surface area (TPSA) is 59.4 Å². The Kier molecular flexibility index (Phi) is 3.30. The van der Waals surface area contributed by atoms with Gasteiger partial charge >= 0.3 is 0 Å². The van der Waals surface area contributed by atoms with Crippen LogP contribution in [0.1, 0.15) is 5.56 Å². The minimum absolute atomic E-state index is 0.0489. The van der Waals surface area contributed by atoms with Gasteiger partial charge in [0.25, 0.3) is 10.0 Å². The second-order valence-electron chi connectivity index (χ2n) is 3.29. The third-order valence-electron chi connectivity index (χ3n) is 2.04. The van der Waals surface area contributed by atoms with Gasteiger partial charge in [-0.15, -0.1) is 0 Å². The standard InChI is InChI=1S/C12H10N2O2S/c15-17(16,12-8-4-5-9-13-12)14-10-11-6-2-1-3-7-11/h1-10H/b14-10+. The number of hydrogen-bond donors (Lipinski definition) is 0. The lowest BCUT2D eigenvalue weighted by molar-refractivity contribution is 0.594. The van der Waals surface area contributed by atoms with Crippen molar-refractivity contribution in [3.05, 3.63) is 60.3 Å². The number of rotatable bonds is 3. The van der Waals surface area contributed by atoms with Gasteiger partial charge in [-0.25, -0.2) is 4.98 Å². The summed E-state index contributed by atoms with van der Waals surface area (Å²) in [6.07, 6.45) is 2.73. The fourth-order valence-electron chi connectivity index (χ4n) is 1.22. The Bertz CT molecular complexity index is 607. The van der Waals surface area contributed by atoms with Crippen molar-refractivity contribution in [3.63, 3.8) is 0 Å². The van der Waals surface area contributed by atoms with Gasteiger partial charge in [0.2, 0.25) is 0 Å². The molecule has 0 N–H and O–H groups in total. The van der Waals surface area contributed by atoms with E-state index in [9.17, 15) is 8.42 Å². The minimum atomic E-state index is -3.70. The van der Waals surface area contributed by atoms with Crippen LogP contribution in [0.25, 0.3) is 0 Å². The third-order valence-corrected chi connectivity index (χ3v) is 3.20. The van der Waals surface area contributed by atoms with Crippen LogP contribution in [0.3, 0.4) is 0 Å². The lowest BCUT2D eigenvalue weighted by atomic mass is 10.2. The van der Waals surface area contributed by atoms with Gasteiger partial charge in [0.05, 0.1) is 0 Å². The van der Waals surface area contributed by atoms with E-state index in [0.717, 1.165) is 5.56 Å². The Morgan fingerprint density at radius 2 is 1.71 bits per heavy atom. The van der Waals surface area contributed by atoms with Gasteiger partial charge in [-0.3, -0.25) is 0 Å². The first kappa shape index (κ1) is 11.5. The van der Waals surface area contributed by atoms with Crippen molar-refractivity contribution < 1.29 is 8.42 Å². The number of aromatic nitrogens is 1. The molecule has 1 heterocycles. The molecule has 0 aliphatic rings. The van der Waals surface area contributed by atoms with E-state index in [1.807, 2.05) is 18.2 Å². The zero-order valence-electron chi connectivity index (χ0n) is 8.89. The van der Waals surface area contributed by atoms with Crippen LogP contribution in [-0.4, -0.2) is 19.6 Å². The molecule has 0 saturated heterocycles. The highest BCUT2D eigenvalue weighted by Gasteiger charge is 2.11. The van der Waals surface area contributed by atoms with E-state index in [1.54, 1.807) is 24.3 Å². The van der Waals surface area contributed by atoms with Crippen LogP contribution in [0.2, 0.25) is 0 Å². The highest BCUT2D eigenvalue weighted by atomic mass is 32.2. The molecule has 0 spiro atoms. The number of benzene rings is 1. The van der Waals surface area contributed by atoms with E-state index in [1.165, 1.54) is 18.5 Å². The smallest absolute Gasteiger partial charge is 0.243 e. The molecule has 0 aliphatic heterocycles. The number of nitrogens with zero attached hydrogens (tertiary/aromatic N) is 2. The van der Waals surface area contributed by atoms with Crippen LogP contribution < -0.4 is 0 Å². The molecule has 0 amide bonds. The molecule has 0 saturated carbocycles. The van der Waals surface area contributed by atoms with Gasteiger partial charge in [0.15, 0.2) is 5.03 Å². The lowest BCUT2D eigenvalue weighted by Gasteiger charge is -1.96. The summed E-state index contributed by atoms with van der Waals surface area (Å²) in [5.74, 6) is 0. The Hall–Kier alpha value is -2.01. The molecule has 2 rings (SSSR count). The predicted molar refractivity (Wildman–Crippen MR) is 65.5 cm³/mol. The highest BCUT2D eigenvalue weighted by molar-refractivity contribution is 7.90. The van der Waals surface area contributed by atoms with Crippen molar-refractivity contribution in [1.82, 2.24) is 4.98 Å². The highest BCUT2D eigenvalue weighted by Crippen LogP contribution is 2.07. The maximum atomic E-state index is 11.7. The molecule has 0 fully saturated rings. The van der Waals surface area contributed by atoms with Gasteiger partial charge in [0, 0.05) is 12.4 Å².